The molecule has 0 spiro atoms. The molecule has 1 aliphatic heterocycles. The average molecular weight is 233 g/mol. The molecule has 0 bridgehead atoms. The molecule has 1 rings (SSSR count). The van der Waals surface area contributed by atoms with Crippen molar-refractivity contribution in [2.45, 2.75) is 43.9 Å². The van der Waals surface area contributed by atoms with Gasteiger partial charge in [0.05, 0.1) is 10.9 Å². The Balaban J connectivity index is 2.84. The molecular weight excluding hydrogens is 214 g/mol. The Morgan fingerprint density at radius 3 is 2.64 bits per heavy atom. The maximum atomic E-state index is 11.6. The van der Waals surface area contributed by atoms with E-state index in [0.29, 0.717) is 11.3 Å². The monoisotopic (exact) mass is 233 g/mol. The predicted octanol–water partition coefficient (Wildman–Crippen LogP) is 2.44. The molecule has 0 aliphatic carbocycles. The van der Waals surface area contributed by atoms with Crippen LogP contribution in [0.4, 0.5) is 0 Å². The molecule has 1 fully saturated rings. The van der Waals surface area contributed by atoms with Gasteiger partial charge in [0.2, 0.25) is 5.91 Å². The highest BCUT2D eigenvalue weighted by atomic mass is 32.2. The van der Waals surface area contributed by atoms with Crippen molar-refractivity contribution in [1.82, 2.24) is 4.90 Å². The zero-order valence-corrected chi connectivity index (χ0v) is 11.2. The Hall–Kier alpha value is 0.170. The molecule has 1 saturated heterocycles. The summed E-state index contributed by atoms with van der Waals surface area (Å²) in [6, 6.07) is 0.391. The Labute approximate surface area is 95.2 Å². The molecule has 82 valence electrons. The molecule has 0 radical (unpaired) electrons. The van der Waals surface area contributed by atoms with E-state index in [1.54, 1.807) is 6.92 Å². The quantitative estimate of drug-likeness (QED) is 0.730. The van der Waals surface area contributed by atoms with Crippen LogP contribution in [-0.4, -0.2) is 39.0 Å². The molecule has 0 N–H and O–H groups in total. The highest BCUT2D eigenvalue weighted by molar-refractivity contribution is 8.01. The van der Waals surface area contributed by atoms with E-state index < -0.39 is 0 Å². The number of thioether (sulfide) groups is 2. The van der Waals surface area contributed by atoms with Crippen LogP contribution in [0.1, 0.15) is 27.7 Å². The minimum absolute atomic E-state index is 0.0273. The van der Waals surface area contributed by atoms with Gasteiger partial charge in [0.1, 0.15) is 0 Å². The van der Waals surface area contributed by atoms with E-state index in [4.69, 9.17) is 0 Å². The first-order valence-corrected chi connectivity index (χ1v) is 7.14. The van der Waals surface area contributed by atoms with E-state index in [0.717, 1.165) is 5.75 Å². The molecule has 1 amide bonds. The number of hydrogen-bond acceptors (Lipinski definition) is 3. The number of nitrogens with zero attached hydrogens (tertiary/aromatic N) is 1. The average Bonchev–Trinajstić information content (AvgIpc) is 2.39. The van der Waals surface area contributed by atoms with Gasteiger partial charge < -0.3 is 4.90 Å². The van der Waals surface area contributed by atoms with Gasteiger partial charge in [-0.05, 0) is 20.1 Å². The van der Waals surface area contributed by atoms with Crippen LogP contribution in [0.3, 0.4) is 0 Å². The fourth-order valence-electron chi connectivity index (χ4n) is 1.95. The molecule has 14 heavy (non-hydrogen) atoms. The summed E-state index contributed by atoms with van der Waals surface area (Å²) in [6.45, 7) is 8.14. The van der Waals surface area contributed by atoms with Crippen LogP contribution in [0.15, 0.2) is 0 Å². The second-order valence-electron chi connectivity index (χ2n) is 4.15. The molecule has 1 heterocycles. The van der Waals surface area contributed by atoms with Crippen LogP contribution in [0.2, 0.25) is 0 Å². The molecule has 1 aliphatic rings. The summed E-state index contributed by atoms with van der Waals surface area (Å²) < 4.78 is 0. The smallest absolute Gasteiger partial charge is 0.220 e. The van der Waals surface area contributed by atoms with Crippen molar-refractivity contribution < 1.29 is 4.79 Å². The maximum absolute atomic E-state index is 11.6. The van der Waals surface area contributed by atoms with Crippen LogP contribution in [0, 0.1) is 0 Å². The Morgan fingerprint density at radius 1 is 1.64 bits per heavy atom. The summed E-state index contributed by atoms with van der Waals surface area (Å²) in [7, 11) is 0. The lowest BCUT2D eigenvalue weighted by molar-refractivity contribution is -0.132. The topological polar surface area (TPSA) is 20.3 Å². The fraction of sp³-hybridized carbons (Fsp3) is 0.900. The van der Waals surface area contributed by atoms with Gasteiger partial charge in [-0.3, -0.25) is 4.79 Å². The molecule has 0 aromatic carbocycles. The lowest BCUT2D eigenvalue weighted by atomic mass is 10.1. The molecular formula is C10H19NOS2. The summed E-state index contributed by atoms with van der Waals surface area (Å²) in [5, 5.41) is 0.521. The highest BCUT2D eigenvalue weighted by Crippen LogP contribution is 2.41. The van der Waals surface area contributed by atoms with Crippen LogP contribution < -0.4 is 0 Å². The lowest BCUT2D eigenvalue weighted by Crippen LogP contribution is -2.48. The number of hydrogen-bond donors (Lipinski definition) is 0. The maximum Gasteiger partial charge on any atom is 0.220 e. The van der Waals surface area contributed by atoms with Gasteiger partial charge in [-0.25, -0.2) is 0 Å². The minimum Gasteiger partial charge on any atom is -0.324 e. The van der Waals surface area contributed by atoms with Crippen molar-refractivity contribution in [3.63, 3.8) is 0 Å². The van der Waals surface area contributed by atoms with Gasteiger partial charge in [0.25, 0.3) is 0 Å². The molecule has 0 aromatic rings. The highest BCUT2D eigenvalue weighted by Gasteiger charge is 2.43. The SMILES string of the molecule is CSC(C)C1CSC(C)(C)N1C(C)=O. The van der Waals surface area contributed by atoms with Gasteiger partial charge >= 0.3 is 0 Å². The predicted molar refractivity (Wildman–Crippen MR) is 65.8 cm³/mol. The number of carbonyl (C=O) groups excluding carboxylic acids is 1. The van der Waals surface area contributed by atoms with Crippen LogP contribution in [-0.2, 0) is 4.79 Å². The molecule has 2 atom stereocenters. The summed E-state index contributed by atoms with van der Waals surface area (Å²) in [6.07, 6.45) is 2.11. The Bertz CT molecular complexity index is 230. The van der Waals surface area contributed by atoms with Crippen LogP contribution >= 0.6 is 23.5 Å². The van der Waals surface area contributed by atoms with Gasteiger partial charge in [0, 0.05) is 17.9 Å². The van der Waals surface area contributed by atoms with E-state index >= 15 is 0 Å². The van der Waals surface area contributed by atoms with Crippen molar-refractivity contribution in [3.05, 3.63) is 0 Å². The van der Waals surface area contributed by atoms with Crippen molar-refractivity contribution in [2.24, 2.45) is 0 Å². The standard InChI is InChI=1S/C10H19NOS2/c1-7(13-5)9-6-14-10(3,4)11(9)8(2)12/h7,9H,6H2,1-5H3. The molecule has 2 unspecified atom stereocenters. The summed E-state index contributed by atoms with van der Waals surface area (Å²) in [5.74, 6) is 1.26. The third-order valence-corrected chi connectivity index (χ3v) is 5.24. The van der Waals surface area contributed by atoms with Gasteiger partial charge in [0.15, 0.2) is 0 Å². The second kappa shape index (κ2) is 4.35. The fourth-order valence-corrected chi connectivity index (χ4v) is 4.02. The second-order valence-corrected chi connectivity index (χ2v) is 6.99. The first-order chi connectivity index (χ1) is 6.40. The Morgan fingerprint density at radius 2 is 2.21 bits per heavy atom. The first kappa shape index (κ1) is 12.2. The van der Waals surface area contributed by atoms with E-state index in [1.165, 1.54) is 0 Å². The molecule has 2 nitrogen and oxygen atoms in total. The number of carbonyl (C=O) groups is 1. The van der Waals surface area contributed by atoms with E-state index in [-0.39, 0.29) is 10.8 Å². The first-order valence-electron chi connectivity index (χ1n) is 4.87. The van der Waals surface area contributed by atoms with Crippen LogP contribution in [0.5, 0.6) is 0 Å². The molecule has 0 aromatic heterocycles. The largest absolute Gasteiger partial charge is 0.324 e. The van der Waals surface area contributed by atoms with Gasteiger partial charge in [-0.2, -0.15) is 11.8 Å². The number of rotatable bonds is 2. The van der Waals surface area contributed by atoms with Crippen molar-refractivity contribution in [3.8, 4) is 0 Å². The molecule has 4 heteroatoms. The van der Waals surface area contributed by atoms with E-state index in [1.807, 2.05) is 28.4 Å². The summed E-state index contributed by atoms with van der Waals surface area (Å²) >= 11 is 3.72. The van der Waals surface area contributed by atoms with Gasteiger partial charge in [-0.1, -0.05) is 6.92 Å². The lowest BCUT2D eigenvalue weighted by Gasteiger charge is -2.36. The Kier molecular flexibility index (Phi) is 3.81. The van der Waals surface area contributed by atoms with Crippen molar-refractivity contribution in [1.29, 1.82) is 0 Å². The normalized spacial score (nSPS) is 27.8. The van der Waals surface area contributed by atoms with Crippen molar-refractivity contribution in [2.75, 3.05) is 12.0 Å². The third kappa shape index (κ3) is 2.22. The zero-order valence-electron chi connectivity index (χ0n) is 9.53. The van der Waals surface area contributed by atoms with Gasteiger partial charge in [-0.15, -0.1) is 11.8 Å². The van der Waals surface area contributed by atoms with Crippen molar-refractivity contribution >= 4 is 29.4 Å². The minimum atomic E-state index is -0.0273. The summed E-state index contributed by atoms with van der Waals surface area (Å²) in [4.78, 5) is 13.6. The van der Waals surface area contributed by atoms with E-state index in [2.05, 4.69) is 27.0 Å². The number of amides is 1. The zero-order chi connectivity index (χ0) is 10.9. The molecule has 0 saturated carbocycles. The van der Waals surface area contributed by atoms with E-state index in [9.17, 15) is 4.79 Å². The third-order valence-electron chi connectivity index (χ3n) is 2.77. The summed E-state index contributed by atoms with van der Waals surface area (Å²) in [5.41, 5.74) is 0. The van der Waals surface area contributed by atoms with Crippen LogP contribution in [0.25, 0.3) is 0 Å².